The molecule has 2 aliphatic carbocycles. The molecule has 1 unspecified atom stereocenters. The minimum atomic E-state index is 0. The van der Waals surface area contributed by atoms with Crippen molar-refractivity contribution in [3.05, 3.63) is 0 Å². The second-order valence-electron chi connectivity index (χ2n) is 7.24. The molecule has 2 rings (SSSR count). The van der Waals surface area contributed by atoms with Crippen LogP contribution in [0.3, 0.4) is 0 Å². The van der Waals surface area contributed by atoms with E-state index in [9.17, 15) is 0 Å². The van der Waals surface area contributed by atoms with Gasteiger partial charge in [-0.05, 0) is 57.5 Å². The van der Waals surface area contributed by atoms with E-state index in [0.29, 0.717) is 11.5 Å². The lowest BCUT2D eigenvalue weighted by atomic mass is 9.83. The van der Waals surface area contributed by atoms with Crippen LogP contribution in [0.4, 0.5) is 0 Å². The van der Waals surface area contributed by atoms with Gasteiger partial charge in [0, 0.05) is 26.2 Å². The van der Waals surface area contributed by atoms with Gasteiger partial charge in [-0.3, -0.25) is 4.99 Å². The highest BCUT2D eigenvalue weighted by molar-refractivity contribution is 14.0. The van der Waals surface area contributed by atoms with E-state index in [-0.39, 0.29) is 24.0 Å². The Morgan fingerprint density at radius 2 is 1.86 bits per heavy atom. The highest BCUT2D eigenvalue weighted by atomic mass is 127. The molecule has 0 amide bonds. The van der Waals surface area contributed by atoms with Crippen LogP contribution < -0.4 is 10.6 Å². The van der Waals surface area contributed by atoms with E-state index in [0.717, 1.165) is 25.0 Å². The van der Waals surface area contributed by atoms with Gasteiger partial charge in [0.1, 0.15) is 0 Å². The van der Waals surface area contributed by atoms with Gasteiger partial charge in [-0.25, -0.2) is 0 Å². The summed E-state index contributed by atoms with van der Waals surface area (Å²) in [6, 6.07) is 0.634. The summed E-state index contributed by atoms with van der Waals surface area (Å²) >= 11 is 0. The summed E-state index contributed by atoms with van der Waals surface area (Å²) in [4.78, 5) is 6.75. The van der Waals surface area contributed by atoms with Gasteiger partial charge in [0.2, 0.25) is 0 Å². The van der Waals surface area contributed by atoms with E-state index in [2.05, 4.69) is 41.5 Å². The molecule has 0 radical (unpaired) electrons. The highest BCUT2D eigenvalue weighted by Crippen LogP contribution is 2.40. The molecule has 0 bridgehead atoms. The Morgan fingerprint density at radius 3 is 2.32 bits per heavy atom. The standard InChI is InChI=1S/C17H34N4.HI/c1-5-17(10-6-7-11-17)13-20-16(18-2)19-12-15(21(3)4)14-8-9-14;/h14-15H,5-13H2,1-4H3,(H2,18,19,20);1H. The molecule has 2 N–H and O–H groups in total. The molecule has 0 spiro atoms. The van der Waals surface area contributed by atoms with Gasteiger partial charge in [-0.2, -0.15) is 0 Å². The van der Waals surface area contributed by atoms with Crippen LogP contribution in [0.25, 0.3) is 0 Å². The van der Waals surface area contributed by atoms with E-state index in [4.69, 9.17) is 0 Å². The maximum atomic E-state index is 4.40. The predicted octanol–water partition coefficient (Wildman–Crippen LogP) is 3.08. The van der Waals surface area contributed by atoms with Crippen molar-refractivity contribution >= 4 is 29.9 Å². The fourth-order valence-corrected chi connectivity index (χ4v) is 3.73. The lowest BCUT2D eigenvalue weighted by Crippen LogP contribution is -2.48. The zero-order valence-corrected chi connectivity index (χ0v) is 17.2. The number of guanidine groups is 1. The average Bonchev–Trinajstić information content (AvgIpc) is 3.20. The van der Waals surface area contributed by atoms with Crippen LogP contribution in [-0.2, 0) is 0 Å². The Hall–Kier alpha value is -0.0400. The third kappa shape index (κ3) is 5.55. The molecule has 0 aromatic rings. The molecule has 0 saturated heterocycles. The number of rotatable bonds is 7. The van der Waals surface area contributed by atoms with Gasteiger partial charge < -0.3 is 15.5 Å². The Kier molecular flexibility index (Phi) is 8.46. The van der Waals surface area contributed by atoms with Crippen molar-refractivity contribution in [3.63, 3.8) is 0 Å². The number of nitrogens with zero attached hydrogens (tertiary/aromatic N) is 2. The van der Waals surface area contributed by atoms with Crippen molar-refractivity contribution < 1.29 is 0 Å². The van der Waals surface area contributed by atoms with E-state index in [1.165, 1.54) is 44.9 Å². The first-order valence-corrected chi connectivity index (χ1v) is 8.71. The maximum Gasteiger partial charge on any atom is 0.191 e. The summed E-state index contributed by atoms with van der Waals surface area (Å²) in [6.45, 7) is 4.40. The first kappa shape index (κ1) is 20.0. The highest BCUT2D eigenvalue weighted by Gasteiger charge is 2.33. The van der Waals surface area contributed by atoms with E-state index in [1.807, 2.05) is 7.05 Å². The minimum absolute atomic E-state index is 0. The zero-order chi connectivity index (χ0) is 15.3. The van der Waals surface area contributed by atoms with Crippen molar-refractivity contribution in [2.24, 2.45) is 16.3 Å². The number of likely N-dealkylation sites (N-methyl/N-ethyl adjacent to an activating group) is 1. The van der Waals surface area contributed by atoms with Gasteiger partial charge in [0.15, 0.2) is 5.96 Å². The minimum Gasteiger partial charge on any atom is -0.356 e. The molecule has 0 heterocycles. The monoisotopic (exact) mass is 422 g/mol. The molecule has 2 aliphatic rings. The Labute approximate surface area is 153 Å². The SMILES string of the molecule is CCC1(CNC(=NC)NCC(C2CC2)N(C)C)CCCC1.I. The molecule has 0 aliphatic heterocycles. The van der Waals surface area contributed by atoms with E-state index >= 15 is 0 Å². The second kappa shape index (κ2) is 9.30. The van der Waals surface area contributed by atoms with Crippen LogP contribution in [0.1, 0.15) is 51.9 Å². The molecule has 1 atom stereocenters. The van der Waals surface area contributed by atoms with Gasteiger partial charge in [-0.1, -0.05) is 19.8 Å². The van der Waals surface area contributed by atoms with Gasteiger partial charge in [0.25, 0.3) is 0 Å². The first-order chi connectivity index (χ1) is 10.1. The van der Waals surface area contributed by atoms with Gasteiger partial charge in [-0.15, -0.1) is 24.0 Å². The Bertz CT molecular complexity index is 345. The van der Waals surface area contributed by atoms with Crippen molar-refractivity contribution in [2.45, 2.75) is 57.9 Å². The molecule has 2 fully saturated rings. The van der Waals surface area contributed by atoms with Crippen LogP contribution >= 0.6 is 24.0 Å². The zero-order valence-electron chi connectivity index (χ0n) is 14.8. The van der Waals surface area contributed by atoms with Crippen LogP contribution in [0.2, 0.25) is 0 Å². The van der Waals surface area contributed by atoms with Gasteiger partial charge >= 0.3 is 0 Å². The molecular formula is C17H35IN4. The maximum absolute atomic E-state index is 4.40. The van der Waals surface area contributed by atoms with Crippen molar-refractivity contribution in [1.29, 1.82) is 0 Å². The van der Waals surface area contributed by atoms with Crippen molar-refractivity contribution in [3.8, 4) is 0 Å². The van der Waals surface area contributed by atoms with E-state index < -0.39 is 0 Å². The molecule has 5 heteroatoms. The number of hydrogen-bond acceptors (Lipinski definition) is 2. The molecule has 130 valence electrons. The number of hydrogen-bond donors (Lipinski definition) is 2. The first-order valence-electron chi connectivity index (χ1n) is 8.71. The molecule has 2 saturated carbocycles. The van der Waals surface area contributed by atoms with E-state index in [1.54, 1.807) is 0 Å². The Morgan fingerprint density at radius 1 is 1.23 bits per heavy atom. The van der Waals surface area contributed by atoms with Crippen LogP contribution in [0.15, 0.2) is 4.99 Å². The fourth-order valence-electron chi connectivity index (χ4n) is 3.73. The number of aliphatic imine (C=N–C) groups is 1. The summed E-state index contributed by atoms with van der Waals surface area (Å²) < 4.78 is 0. The number of nitrogens with one attached hydrogen (secondary N) is 2. The van der Waals surface area contributed by atoms with Gasteiger partial charge in [0.05, 0.1) is 0 Å². The predicted molar refractivity (Wildman–Crippen MR) is 106 cm³/mol. The quantitative estimate of drug-likeness (QED) is 0.376. The van der Waals surface area contributed by atoms with Crippen LogP contribution in [0.5, 0.6) is 0 Å². The molecule has 22 heavy (non-hydrogen) atoms. The second-order valence-corrected chi connectivity index (χ2v) is 7.24. The molecular weight excluding hydrogens is 387 g/mol. The lowest BCUT2D eigenvalue weighted by Gasteiger charge is -2.30. The van der Waals surface area contributed by atoms with Crippen LogP contribution in [-0.4, -0.2) is 51.1 Å². The molecule has 4 nitrogen and oxygen atoms in total. The smallest absolute Gasteiger partial charge is 0.191 e. The topological polar surface area (TPSA) is 39.7 Å². The normalized spacial score (nSPS) is 22.3. The van der Waals surface area contributed by atoms with Crippen molar-refractivity contribution in [1.82, 2.24) is 15.5 Å². The fraction of sp³-hybridized carbons (Fsp3) is 0.941. The third-order valence-corrected chi connectivity index (χ3v) is 5.58. The Balaban J connectivity index is 0.00000242. The summed E-state index contributed by atoms with van der Waals surface area (Å²) in [6.07, 6.45) is 9.58. The molecule has 0 aromatic heterocycles. The number of halogens is 1. The summed E-state index contributed by atoms with van der Waals surface area (Å²) in [5, 5.41) is 7.11. The summed E-state index contributed by atoms with van der Waals surface area (Å²) in [7, 11) is 6.25. The summed E-state index contributed by atoms with van der Waals surface area (Å²) in [5.74, 6) is 1.85. The summed E-state index contributed by atoms with van der Waals surface area (Å²) in [5.41, 5.74) is 0.509. The lowest BCUT2D eigenvalue weighted by molar-refractivity contribution is 0.261. The third-order valence-electron chi connectivity index (χ3n) is 5.58. The average molecular weight is 422 g/mol. The largest absolute Gasteiger partial charge is 0.356 e. The molecule has 0 aromatic carbocycles. The van der Waals surface area contributed by atoms with Crippen LogP contribution in [0, 0.1) is 11.3 Å². The van der Waals surface area contributed by atoms with Crippen molar-refractivity contribution in [2.75, 3.05) is 34.2 Å².